The van der Waals surface area contributed by atoms with Gasteiger partial charge in [-0.1, -0.05) is 18.2 Å². The molecule has 1 amide bonds. The fourth-order valence-electron chi connectivity index (χ4n) is 2.80. The van der Waals surface area contributed by atoms with Gasteiger partial charge in [-0.2, -0.15) is 0 Å². The molecule has 0 aliphatic carbocycles. The van der Waals surface area contributed by atoms with Crippen LogP contribution < -0.4 is 5.32 Å². The van der Waals surface area contributed by atoms with E-state index in [1.807, 2.05) is 45.0 Å². The van der Waals surface area contributed by atoms with Gasteiger partial charge in [0.05, 0.1) is 6.04 Å². The number of halogens is 1. The second-order valence-electron chi connectivity index (χ2n) is 6.72. The minimum atomic E-state index is -0.503. The molecule has 1 aromatic heterocycles. The number of furan rings is 1. The van der Waals surface area contributed by atoms with Gasteiger partial charge in [0.25, 0.3) is 0 Å². The summed E-state index contributed by atoms with van der Waals surface area (Å²) in [6, 6.07) is 7.65. The molecule has 1 saturated heterocycles. The first-order valence-corrected chi connectivity index (χ1v) is 8.11. The predicted molar refractivity (Wildman–Crippen MR) is 89.8 cm³/mol. The van der Waals surface area contributed by atoms with E-state index in [9.17, 15) is 4.79 Å². The number of hydrogen-bond acceptors (Lipinski definition) is 4. The number of hydrogen-bond donors (Lipinski definition) is 1. The maximum atomic E-state index is 12.3. The summed E-state index contributed by atoms with van der Waals surface area (Å²) in [6.45, 7) is 7.39. The highest BCUT2D eigenvalue weighted by atomic mass is 35.5. The Kier molecular flexibility index (Phi) is 4.25. The van der Waals surface area contributed by atoms with Gasteiger partial charge >= 0.3 is 6.09 Å². The molecule has 0 saturated carbocycles. The van der Waals surface area contributed by atoms with Crippen molar-refractivity contribution >= 4 is 28.7 Å². The number of fused-ring (bicyclic) bond motifs is 1. The summed E-state index contributed by atoms with van der Waals surface area (Å²) in [5.74, 6) is 0. The SMILES string of the molecule is CC(C)(C)OC(=O)N1CCNC(c2c(Cl)oc3ccccc23)C1. The minimum absolute atomic E-state index is 0.0765. The number of rotatable bonds is 1. The zero-order valence-corrected chi connectivity index (χ0v) is 14.3. The number of carbonyl (C=O) groups excluding carboxylic acids is 1. The largest absolute Gasteiger partial charge is 0.444 e. The summed E-state index contributed by atoms with van der Waals surface area (Å²) in [5, 5.41) is 4.75. The molecule has 2 heterocycles. The lowest BCUT2D eigenvalue weighted by atomic mass is 10.0. The molecule has 1 aliphatic heterocycles. The Morgan fingerprint density at radius 2 is 2.13 bits per heavy atom. The summed E-state index contributed by atoms with van der Waals surface area (Å²) < 4.78 is 11.1. The van der Waals surface area contributed by atoms with Gasteiger partial charge in [0, 0.05) is 30.6 Å². The number of nitrogens with one attached hydrogen (secondary N) is 1. The average molecular weight is 337 g/mol. The molecule has 1 atom stereocenters. The molecular weight excluding hydrogens is 316 g/mol. The van der Waals surface area contributed by atoms with Crippen LogP contribution in [-0.2, 0) is 4.74 Å². The summed E-state index contributed by atoms with van der Waals surface area (Å²) >= 11 is 6.29. The van der Waals surface area contributed by atoms with Crippen LogP contribution in [0.4, 0.5) is 4.79 Å². The van der Waals surface area contributed by atoms with E-state index in [0.29, 0.717) is 24.9 Å². The van der Waals surface area contributed by atoms with Crippen LogP contribution in [0.1, 0.15) is 32.4 Å². The van der Waals surface area contributed by atoms with Crippen molar-refractivity contribution in [1.82, 2.24) is 10.2 Å². The Bertz CT molecular complexity index is 720. The Labute approximate surface area is 140 Å². The van der Waals surface area contributed by atoms with Crippen LogP contribution in [-0.4, -0.2) is 36.2 Å². The first-order valence-electron chi connectivity index (χ1n) is 7.73. The highest BCUT2D eigenvalue weighted by molar-refractivity contribution is 6.31. The van der Waals surface area contributed by atoms with E-state index in [-0.39, 0.29) is 12.1 Å². The van der Waals surface area contributed by atoms with Crippen molar-refractivity contribution in [3.63, 3.8) is 0 Å². The average Bonchev–Trinajstić information content (AvgIpc) is 2.81. The van der Waals surface area contributed by atoms with Gasteiger partial charge in [-0.05, 0) is 38.4 Å². The van der Waals surface area contributed by atoms with Gasteiger partial charge in [-0.15, -0.1) is 0 Å². The highest BCUT2D eigenvalue weighted by Crippen LogP contribution is 2.35. The van der Waals surface area contributed by atoms with Crippen LogP contribution in [0, 0.1) is 0 Å². The molecule has 5 nitrogen and oxygen atoms in total. The summed E-state index contributed by atoms with van der Waals surface area (Å²) in [4.78, 5) is 14.0. The molecule has 2 aromatic rings. The number of piperazine rings is 1. The first-order chi connectivity index (χ1) is 10.8. The van der Waals surface area contributed by atoms with Crippen molar-refractivity contribution in [3.8, 4) is 0 Å². The van der Waals surface area contributed by atoms with E-state index in [2.05, 4.69) is 5.32 Å². The first kappa shape index (κ1) is 16.1. The molecule has 1 N–H and O–H groups in total. The third-order valence-electron chi connectivity index (χ3n) is 3.76. The normalized spacial score (nSPS) is 19.1. The molecule has 1 fully saturated rings. The van der Waals surface area contributed by atoms with Gasteiger partial charge < -0.3 is 19.4 Å². The number of benzene rings is 1. The lowest BCUT2D eigenvalue weighted by molar-refractivity contribution is 0.0195. The summed E-state index contributed by atoms with van der Waals surface area (Å²) in [6.07, 6.45) is -0.298. The molecule has 23 heavy (non-hydrogen) atoms. The predicted octanol–water partition coefficient (Wildman–Crippen LogP) is 3.97. The second kappa shape index (κ2) is 6.06. The van der Waals surface area contributed by atoms with Crippen LogP contribution in [0.2, 0.25) is 5.22 Å². The van der Waals surface area contributed by atoms with Gasteiger partial charge in [0.15, 0.2) is 5.22 Å². The number of ether oxygens (including phenoxy) is 1. The van der Waals surface area contributed by atoms with Gasteiger partial charge in [-0.25, -0.2) is 4.79 Å². The Morgan fingerprint density at radius 1 is 1.39 bits per heavy atom. The number of para-hydroxylation sites is 1. The molecule has 1 aromatic carbocycles. The highest BCUT2D eigenvalue weighted by Gasteiger charge is 2.31. The molecule has 0 bridgehead atoms. The number of amides is 1. The molecule has 124 valence electrons. The summed E-state index contributed by atoms with van der Waals surface area (Å²) in [5.41, 5.74) is 1.15. The van der Waals surface area contributed by atoms with Crippen molar-refractivity contribution < 1.29 is 13.9 Å². The third-order valence-corrected chi connectivity index (χ3v) is 4.04. The van der Waals surface area contributed by atoms with E-state index in [1.54, 1.807) is 4.90 Å². The zero-order valence-electron chi connectivity index (χ0n) is 13.6. The van der Waals surface area contributed by atoms with Crippen LogP contribution in [0.3, 0.4) is 0 Å². The molecule has 0 spiro atoms. The van der Waals surface area contributed by atoms with Crippen molar-refractivity contribution in [3.05, 3.63) is 35.0 Å². The molecule has 1 unspecified atom stereocenters. The van der Waals surface area contributed by atoms with Crippen molar-refractivity contribution in [2.75, 3.05) is 19.6 Å². The van der Waals surface area contributed by atoms with E-state index in [1.165, 1.54) is 0 Å². The number of nitrogens with zero attached hydrogens (tertiary/aromatic N) is 1. The molecule has 3 rings (SSSR count). The van der Waals surface area contributed by atoms with Crippen molar-refractivity contribution in [2.24, 2.45) is 0 Å². The van der Waals surface area contributed by atoms with Crippen LogP contribution in [0.15, 0.2) is 28.7 Å². The van der Waals surface area contributed by atoms with Gasteiger partial charge in [0.2, 0.25) is 0 Å². The summed E-state index contributed by atoms with van der Waals surface area (Å²) in [7, 11) is 0. The van der Waals surface area contributed by atoms with Crippen molar-refractivity contribution in [2.45, 2.75) is 32.4 Å². The fourth-order valence-corrected chi connectivity index (χ4v) is 3.11. The lowest BCUT2D eigenvalue weighted by Crippen LogP contribution is -2.49. The Balaban J connectivity index is 1.83. The van der Waals surface area contributed by atoms with E-state index in [4.69, 9.17) is 20.8 Å². The Hall–Kier alpha value is -1.72. The third kappa shape index (κ3) is 3.46. The quantitative estimate of drug-likeness (QED) is 0.856. The van der Waals surface area contributed by atoms with E-state index >= 15 is 0 Å². The van der Waals surface area contributed by atoms with Crippen LogP contribution >= 0.6 is 11.6 Å². The smallest absolute Gasteiger partial charge is 0.410 e. The topological polar surface area (TPSA) is 54.7 Å². The van der Waals surface area contributed by atoms with Gasteiger partial charge in [-0.3, -0.25) is 0 Å². The fraction of sp³-hybridized carbons (Fsp3) is 0.471. The minimum Gasteiger partial charge on any atom is -0.444 e. The van der Waals surface area contributed by atoms with Crippen LogP contribution in [0.5, 0.6) is 0 Å². The van der Waals surface area contributed by atoms with E-state index in [0.717, 1.165) is 16.5 Å². The maximum absolute atomic E-state index is 12.3. The second-order valence-corrected chi connectivity index (χ2v) is 7.06. The molecule has 1 aliphatic rings. The standard InChI is InChI=1S/C17H21ClN2O3/c1-17(2,3)23-16(21)20-9-8-19-12(10-20)14-11-6-4-5-7-13(11)22-15(14)18/h4-7,12,19H,8-10H2,1-3H3. The van der Waals surface area contributed by atoms with Gasteiger partial charge in [0.1, 0.15) is 11.2 Å². The Morgan fingerprint density at radius 3 is 2.87 bits per heavy atom. The zero-order chi connectivity index (χ0) is 16.6. The molecule has 0 radical (unpaired) electrons. The van der Waals surface area contributed by atoms with E-state index < -0.39 is 5.60 Å². The number of carbonyl (C=O) groups is 1. The molecule has 6 heteroatoms. The monoisotopic (exact) mass is 336 g/mol. The van der Waals surface area contributed by atoms with Crippen molar-refractivity contribution in [1.29, 1.82) is 0 Å². The maximum Gasteiger partial charge on any atom is 0.410 e. The molecular formula is C17H21ClN2O3. The lowest BCUT2D eigenvalue weighted by Gasteiger charge is -2.34. The van der Waals surface area contributed by atoms with Crippen LogP contribution in [0.25, 0.3) is 11.0 Å².